The van der Waals surface area contributed by atoms with Gasteiger partial charge in [0.05, 0.1) is 5.38 Å². The predicted octanol–water partition coefficient (Wildman–Crippen LogP) is 1.87. The summed E-state index contributed by atoms with van der Waals surface area (Å²) in [5.41, 5.74) is 0.433. The third kappa shape index (κ3) is 3.70. The molecular formula is C12H18ClN5O. The highest BCUT2D eigenvalue weighted by molar-refractivity contribution is 6.20. The van der Waals surface area contributed by atoms with Gasteiger partial charge in [0.25, 0.3) is 0 Å². The quantitative estimate of drug-likeness (QED) is 0.840. The first-order valence-electron chi connectivity index (χ1n) is 6.16. The van der Waals surface area contributed by atoms with Gasteiger partial charge in [-0.2, -0.15) is 5.10 Å². The van der Waals surface area contributed by atoms with E-state index in [4.69, 9.17) is 11.6 Å². The van der Waals surface area contributed by atoms with E-state index in [2.05, 4.69) is 41.3 Å². The van der Waals surface area contributed by atoms with Crippen LogP contribution in [-0.2, 0) is 0 Å². The molecule has 2 heterocycles. The lowest BCUT2D eigenvalue weighted by Crippen LogP contribution is -2.21. The van der Waals surface area contributed by atoms with Gasteiger partial charge in [-0.3, -0.25) is 0 Å². The number of hydrogen-bond acceptors (Lipinski definition) is 4. The van der Waals surface area contributed by atoms with Gasteiger partial charge in [0, 0.05) is 12.6 Å². The van der Waals surface area contributed by atoms with Crippen molar-refractivity contribution < 1.29 is 0 Å². The van der Waals surface area contributed by atoms with Crippen molar-refractivity contribution in [2.45, 2.75) is 32.6 Å². The van der Waals surface area contributed by atoms with Crippen LogP contribution >= 0.6 is 11.6 Å². The van der Waals surface area contributed by atoms with Crippen LogP contribution in [0.3, 0.4) is 0 Å². The van der Waals surface area contributed by atoms with Crippen molar-refractivity contribution in [3.63, 3.8) is 0 Å². The van der Waals surface area contributed by atoms with E-state index in [1.807, 2.05) is 0 Å². The average Bonchev–Trinajstić information content (AvgIpc) is 2.66. The molecular weight excluding hydrogens is 266 g/mol. The van der Waals surface area contributed by atoms with Crippen molar-refractivity contribution in [3.05, 3.63) is 22.9 Å². The fraction of sp³-hybridized carbons (Fsp3) is 0.583. The second kappa shape index (κ2) is 5.21. The second-order valence-electron chi connectivity index (χ2n) is 5.77. The highest BCUT2D eigenvalue weighted by Crippen LogP contribution is 2.23. The van der Waals surface area contributed by atoms with Crippen LogP contribution in [0.15, 0.2) is 17.2 Å². The number of aromatic nitrogens is 4. The third-order valence-corrected chi connectivity index (χ3v) is 2.96. The number of nitrogens with one attached hydrogen (secondary N) is 2. The summed E-state index contributed by atoms with van der Waals surface area (Å²) >= 11 is 6.27. The maximum absolute atomic E-state index is 11.3. The smallest absolute Gasteiger partial charge is 0.348 e. The first-order valence-corrected chi connectivity index (χ1v) is 6.59. The fourth-order valence-corrected chi connectivity index (χ4v) is 2.40. The van der Waals surface area contributed by atoms with Gasteiger partial charge < -0.3 is 5.32 Å². The molecule has 2 rings (SSSR count). The molecule has 0 aliphatic heterocycles. The van der Waals surface area contributed by atoms with Gasteiger partial charge in [0.15, 0.2) is 5.65 Å². The Bertz CT molecular complexity index is 612. The number of fused-ring (bicyclic) bond motifs is 1. The minimum absolute atomic E-state index is 0.0272. The minimum Gasteiger partial charge on any atom is -0.368 e. The van der Waals surface area contributed by atoms with Gasteiger partial charge in [0.1, 0.15) is 12.1 Å². The maximum Gasteiger partial charge on any atom is 0.348 e. The zero-order chi connectivity index (χ0) is 14.0. The number of hydrogen-bond donors (Lipinski definition) is 2. The molecule has 2 N–H and O–H groups in total. The summed E-state index contributed by atoms with van der Waals surface area (Å²) in [6.07, 6.45) is 2.35. The van der Waals surface area contributed by atoms with Crippen molar-refractivity contribution in [1.82, 2.24) is 19.6 Å². The van der Waals surface area contributed by atoms with E-state index in [-0.39, 0.29) is 16.5 Å². The topological polar surface area (TPSA) is 75.1 Å². The predicted molar refractivity (Wildman–Crippen MR) is 75.8 cm³/mol. The summed E-state index contributed by atoms with van der Waals surface area (Å²) in [5.74, 6) is 0.658. The fourth-order valence-electron chi connectivity index (χ4n) is 1.86. The summed E-state index contributed by atoms with van der Waals surface area (Å²) in [4.78, 5) is 15.4. The number of rotatable bonds is 4. The summed E-state index contributed by atoms with van der Waals surface area (Å²) in [7, 11) is 0. The Morgan fingerprint density at radius 3 is 2.95 bits per heavy atom. The normalized spacial score (nSPS) is 13.7. The van der Waals surface area contributed by atoms with Gasteiger partial charge in [-0.25, -0.2) is 19.3 Å². The number of H-pyrrole nitrogens is 1. The molecule has 0 aromatic carbocycles. The van der Waals surface area contributed by atoms with Crippen molar-refractivity contribution in [3.8, 4) is 0 Å². The van der Waals surface area contributed by atoms with Crippen LogP contribution in [0.5, 0.6) is 0 Å². The Hall–Kier alpha value is -1.56. The molecule has 0 spiro atoms. The number of alkyl halides is 1. The maximum atomic E-state index is 11.3. The molecule has 6 nitrogen and oxygen atoms in total. The van der Waals surface area contributed by atoms with Gasteiger partial charge in [-0.15, -0.1) is 11.6 Å². The average molecular weight is 284 g/mol. The zero-order valence-corrected chi connectivity index (χ0v) is 12.0. The number of aromatic amines is 1. The largest absolute Gasteiger partial charge is 0.368 e. The van der Waals surface area contributed by atoms with Gasteiger partial charge in [0.2, 0.25) is 0 Å². The van der Waals surface area contributed by atoms with Crippen LogP contribution in [0, 0.1) is 5.41 Å². The van der Waals surface area contributed by atoms with Crippen LogP contribution in [0.1, 0.15) is 27.2 Å². The van der Waals surface area contributed by atoms with Gasteiger partial charge >= 0.3 is 5.69 Å². The lowest BCUT2D eigenvalue weighted by Gasteiger charge is -2.22. The van der Waals surface area contributed by atoms with Crippen molar-refractivity contribution >= 4 is 23.1 Å². The number of nitrogens with zero attached hydrogens (tertiary/aromatic N) is 3. The molecule has 0 radical (unpaired) electrons. The first kappa shape index (κ1) is 13.9. The minimum atomic E-state index is -0.294. The Morgan fingerprint density at radius 1 is 1.53 bits per heavy atom. The monoisotopic (exact) mass is 283 g/mol. The molecule has 0 aliphatic rings. The lowest BCUT2D eigenvalue weighted by molar-refractivity contribution is 0.373. The van der Waals surface area contributed by atoms with E-state index in [9.17, 15) is 4.79 Å². The third-order valence-electron chi connectivity index (χ3n) is 2.65. The van der Waals surface area contributed by atoms with Gasteiger partial charge in [-0.05, 0) is 11.8 Å². The number of halogens is 1. The van der Waals surface area contributed by atoms with Crippen LogP contribution in [0.2, 0.25) is 0 Å². The van der Waals surface area contributed by atoms with Crippen LogP contribution in [0.25, 0.3) is 5.65 Å². The highest BCUT2D eigenvalue weighted by atomic mass is 35.5. The Kier molecular flexibility index (Phi) is 3.80. The molecule has 1 atom stereocenters. The molecule has 0 amide bonds. The van der Waals surface area contributed by atoms with E-state index in [0.29, 0.717) is 18.0 Å². The first-order chi connectivity index (χ1) is 8.85. The molecule has 2 aromatic heterocycles. The van der Waals surface area contributed by atoms with Crippen molar-refractivity contribution in [1.29, 1.82) is 0 Å². The Balaban J connectivity index is 2.00. The molecule has 0 saturated carbocycles. The molecule has 1 unspecified atom stereocenters. The van der Waals surface area contributed by atoms with E-state index in [0.717, 1.165) is 6.42 Å². The standard InChI is InChI=1S/C12H18ClN5O/c1-12(2,3)5-8(13)6-14-9-4-10-16-17-11(19)18(10)7-15-9/h4,7-8,14H,5-6H2,1-3H3,(H,17,19). The Labute approximate surface area is 116 Å². The summed E-state index contributed by atoms with van der Waals surface area (Å²) in [6, 6.07) is 1.71. The lowest BCUT2D eigenvalue weighted by atomic mass is 9.90. The molecule has 104 valence electrons. The zero-order valence-electron chi connectivity index (χ0n) is 11.3. The second-order valence-corrected chi connectivity index (χ2v) is 6.39. The molecule has 19 heavy (non-hydrogen) atoms. The summed E-state index contributed by atoms with van der Waals surface area (Å²) in [6.45, 7) is 7.09. The highest BCUT2D eigenvalue weighted by Gasteiger charge is 2.16. The molecule has 0 saturated heterocycles. The van der Waals surface area contributed by atoms with Crippen molar-refractivity contribution in [2.75, 3.05) is 11.9 Å². The van der Waals surface area contributed by atoms with Gasteiger partial charge in [-0.1, -0.05) is 20.8 Å². The van der Waals surface area contributed by atoms with Crippen LogP contribution in [0.4, 0.5) is 5.82 Å². The SMILES string of the molecule is CC(C)(C)CC(Cl)CNc1cc2n[nH]c(=O)n2cn1. The van der Waals surface area contributed by atoms with E-state index in [1.165, 1.54) is 10.7 Å². The molecule has 0 fully saturated rings. The summed E-state index contributed by atoms with van der Waals surface area (Å²) in [5, 5.41) is 9.42. The molecule has 7 heteroatoms. The van der Waals surface area contributed by atoms with Crippen LogP contribution in [-0.4, -0.2) is 31.5 Å². The van der Waals surface area contributed by atoms with Crippen LogP contribution < -0.4 is 11.0 Å². The van der Waals surface area contributed by atoms with E-state index in [1.54, 1.807) is 6.07 Å². The molecule has 2 aromatic rings. The van der Waals surface area contributed by atoms with E-state index >= 15 is 0 Å². The summed E-state index contributed by atoms with van der Waals surface area (Å²) < 4.78 is 1.35. The molecule has 0 bridgehead atoms. The van der Waals surface area contributed by atoms with E-state index < -0.39 is 0 Å². The Morgan fingerprint density at radius 2 is 2.26 bits per heavy atom. The van der Waals surface area contributed by atoms with Crippen molar-refractivity contribution in [2.24, 2.45) is 5.41 Å². The number of anilines is 1. The molecule has 0 aliphatic carbocycles.